The van der Waals surface area contributed by atoms with Crippen molar-refractivity contribution < 1.29 is 0 Å². The lowest BCUT2D eigenvalue weighted by Crippen LogP contribution is -2.11. The van der Waals surface area contributed by atoms with Crippen LogP contribution in [0.5, 0.6) is 0 Å². The Balaban J connectivity index is 3.03. The predicted molar refractivity (Wildman–Crippen MR) is 56.4 cm³/mol. The molecule has 0 spiro atoms. The molecule has 2 aromatic heterocycles. The fourth-order valence-electron chi connectivity index (χ4n) is 0.977. The minimum atomic E-state index is -0.385. The van der Waals surface area contributed by atoms with Crippen LogP contribution in [0.4, 0.5) is 11.9 Å². The molecule has 0 amide bonds. The number of H-pyrrole nitrogens is 1. The Labute approximate surface area is 85.7 Å². The van der Waals surface area contributed by atoms with Crippen molar-refractivity contribution in [3.63, 3.8) is 0 Å². The van der Waals surface area contributed by atoms with E-state index < -0.39 is 0 Å². The van der Waals surface area contributed by atoms with Gasteiger partial charge >= 0.3 is 0 Å². The van der Waals surface area contributed by atoms with Gasteiger partial charge in [0.15, 0.2) is 11.2 Å². The number of fused-ring (bicyclic) bond motifs is 1. The molecule has 0 aliphatic heterocycles. The van der Waals surface area contributed by atoms with Crippen LogP contribution < -0.4 is 17.0 Å². The van der Waals surface area contributed by atoms with E-state index in [9.17, 15) is 4.79 Å². The van der Waals surface area contributed by atoms with Gasteiger partial charge in [-0.25, -0.2) is 7.76 Å². The van der Waals surface area contributed by atoms with Gasteiger partial charge in [0.2, 0.25) is 11.9 Å². The molecule has 13 heavy (non-hydrogen) atoms. The van der Waals surface area contributed by atoms with Crippen molar-refractivity contribution in [2.75, 3.05) is 11.5 Å². The molecular weight excluding hydrogens is 287 g/mol. The molecule has 5 N–H and O–H groups in total. The number of nitrogen functional groups attached to an aromatic ring is 2. The maximum absolute atomic E-state index is 11.3. The molecular formula is C5H5IN6O. The standard InChI is InChI=1S/C5H5IN6O/c6-12-2-1(9-5(12)8)3(13)11-4(7)10-2/h(H2,8,9)(H3,7,10,11,13). The molecule has 0 fully saturated rings. The number of imidazole rings is 1. The van der Waals surface area contributed by atoms with Gasteiger partial charge in [-0.3, -0.25) is 9.78 Å². The van der Waals surface area contributed by atoms with Crippen LogP contribution in [-0.4, -0.2) is 17.7 Å². The summed E-state index contributed by atoms with van der Waals surface area (Å²) in [5.41, 5.74) is 11.0. The summed E-state index contributed by atoms with van der Waals surface area (Å²) >= 11 is 1.89. The van der Waals surface area contributed by atoms with Crippen molar-refractivity contribution in [2.45, 2.75) is 0 Å². The molecule has 7 nitrogen and oxygen atoms in total. The number of hydrogen-bond donors (Lipinski definition) is 3. The molecule has 0 aliphatic rings. The summed E-state index contributed by atoms with van der Waals surface area (Å²) in [6.45, 7) is 0. The first-order chi connectivity index (χ1) is 6.09. The number of nitrogens with one attached hydrogen (secondary N) is 1. The van der Waals surface area contributed by atoms with Gasteiger partial charge in [0, 0.05) is 0 Å². The first-order valence-electron chi connectivity index (χ1n) is 3.29. The number of rotatable bonds is 0. The van der Waals surface area contributed by atoms with Crippen LogP contribution in [0, 0.1) is 0 Å². The molecule has 68 valence electrons. The topological polar surface area (TPSA) is 116 Å². The Morgan fingerprint density at radius 1 is 1.38 bits per heavy atom. The molecule has 0 bridgehead atoms. The third-order valence-corrected chi connectivity index (χ3v) is 2.46. The largest absolute Gasteiger partial charge is 0.369 e. The number of aromatic amines is 1. The maximum atomic E-state index is 11.3. The Morgan fingerprint density at radius 2 is 2.08 bits per heavy atom. The predicted octanol–water partition coefficient (Wildman–Crippen LogP) is -0.518. The summed E-state index contributed by atoms with van der Waals surface area (Å²) in [4.78, 5) is 21.3. The molecule has 0 aliphatic carbocycles. The van der Waals surface area contributed by atoms with E-state index >= 15 is 0 Å². The van der Waals surface area contributed by atoms with Gasteiger partial charge in [0.25, 0.3) is 5.56 Å². The highest BCUT2D eigenvalue weighted by Gasteiger charge is 2.11. The normalized spacial score (nSPS) is 10.8. The summed E-state index contributed by atoms with van der Waals surface area (Å²) < 4.78 is 1.47. The maximum Gasteiger partial charge on any atom is 0.280 e. The first kappa shape index (κ1) is 8.29. The monoisotopic (exact) mass is 292 g/mol. The molecule has 0 atom stereocenters. The highest BCUT2D eigenvalue weighted by molar-refractivity contribution is 14.1. The third kappa shape index (κ3) is 1.13. The van der Waals surface area contributed by atoms with Crippen molar-refractivity contribution in [2.24, 2.45) is 0 Å². The lowest BCUT2D eigenvalue weighted by molar-refractivity contribution is 1.17. The van der Waals surface area contributed by atoms with Gasteiger partial charge in [0.1, 0.15) is 0 Å². The average molecular weight is 292 g/mol. The van der Waals surface area contributed by atoms with Gasteiger partial charge in [-0.1, -0.05) is 0 Å². The summed E-state index contributed by atoms with van der Waals surface area (Å²) in [6.07, 6.45) is 0. The van der Waals surface area contributed by atoms with Gasteiger partial charge in [-0.2, -0.15) is 4.98 Å². The Bertz CT molecular complexity index is 528. The number of nitrogens with zero attached hydrogens (tertiary/aromatic N) is 3. The van der Waals surface area contributed by atoms with Crippen LogP contribution in [0.1, 0.15) is 0 Å². The van der Waals surface area contributed by atoms with Crippen LogP contribution >= 0.6 is 22.9 Å². The van der Waals surface area contributed by atoms with Crippen LogP contribution in [-0.2, 0) is 0 Å². The van der Waals surface area contributed by atoms with Crippen molar-refractivity contribution in [3.05, 3.63) is 10.4 Å². The zero-order chi connectivity index (χ0) is 9.59. The van der Waals surface area contributed by atoms with Crippen LogP contribution in [0.15, 0.2) is 4.79 Å². The number of halogens is 1. The molecule has 0 unspecified atom stereocenters. The molecule has 2 rings (SSSR count). The van der Waals surface area contributed by atoms with E-state index in [2.05, 4.69) is 15.0 Å². The summed E-state index contributed by atoms with van der Waals surface area (Å²) in [5, 5.41) is 0. The Morgan fingerprint density at radius 3 is 2.77 bits per heavy atom. The minimum Gasteiger partial charge on any atom is -0.369 e. The molecule has 0 saturated carbocycles. The number of nitrogens with two attached hydrogens (primary N) is 2. The molecule has 0 aromatic carbocycles. The summed E-state index contributed by atoms with van der Waals surface area (Å²) in [6, 6.07) is 0. The van der Waals surface area contributed by atoms with Crippen LogP contribution in [0.3, 0.4) is 0 Å². The van der Waals surface area contributed by atoms with Gasteiger partial charge in [0.05, 0.1) is 22.9 Å². The molecule has 2 heterocycles. The van der Waals surface area contributed by atoms with Gasteiger partial charge in [-0.05, 0) is 0 Å². The van der Waals surface area contributed by atoms with Crippen molar-refractivity contribution >= 4 is 45.9 Å². The summed E-state index contributed by atoms with van der Waals surface area (Å²) in [7, 11) is 0. The smallest absolute Gasteiger partial charge is 0.280 e. The highest BCUT2D eigenvalue weighted by atomic mass is 127. The third-order valence-electron chi connectivity index (χ3n) is 1.51. The Hall–Kier alpha value is -1.32. The van der Waals surface area contributed by atoms with E-state index in [1.54, 1.807) is 0 Å². The second-order valence-corrected chi connectivity index (χ2v) is 3.34. The Kier molecular flexibility index (Phi) is 1.65. The average Bonchev–Trinajstić information content (AvgIpc) is 2.32. The molecule has 8 heteroatoms. The van der Waals surface area contributed by atoms with E-state index in [0.717, 1.165) is 0 Å². The second-order valence-electron chi connectivity index (χ2n) is 2.37. The van der Waals surface area contributed by atoms with Crippen molar-refractivity contribution in [3.8, 4) is 0 Å². The van der Waals surface area contributed by atoms with Crippen LogP contribution in [0.25, 0.3) is 11.2 Å². The second kappa shape index (κ2) is 2.58. The van der Waals surface area contributed by atoms with E-state index in [1.165, 1.54) is 2.78 Å². The molecule has 0 saturated heterocycles. The lowest BCUT2D eigenvalue weighted by Gasteiger charge is -1.93. The van der Waals surface area contributed by atoms with E-state index in [-0.39, 0.29) is 23.0 Å². The van der Waals surface area contributed by atoms with E-state index in [0.29, 0.717) is 5.65 Å². The van der Waals surface area contributed by atoms with Crippen molar-refractivity contribution in [1.29, 1.82) is 0 Å². The number of anilines is 2. The molecule has 0 radical (unpaired) electrons. The fourth-order valence-corrected chi connectivity index (χ4v) is 1.42. The number of hydrogen-bond acceptors (Lipinski definition) is 5. The minimum absolute atomic E-state index is 0.0512. The number of aromatic nitrogens is 4. The van der Waals surface area contributed by atoms with Gasteiger partial charge < -0.3 is 11.5 Å². The highest BCUT2D eigenvalue weighted by Crippen LogP contribution is 2.15. The first-order valence-corrected chi connectivity index (χ1v) is 4.26. The zero-order valence-corrected chi connectivity index (χ0v) is 8.44. The van der Waals surface area contributed by atoms with E-state index in [1.807, 2.05) is 22.9 Å². The SMILES string of the molecule is Nc1nc2c(nc(N)n2I)c(=O)[nH]1. The lowest BCUT2D eigenvalue weighted by atomic mass is 10.5. The van der Waals surface area contributed by atoms with Gasteiger partial charge in [-0.15, -0.1) is 0 Å². The molecule has 2 aromatic rings. The zero-order valence-electron chi connectivity index (χ0n) is 6.28. The quantitative estimate of drug-likeness (QED) is 0.565. The fraction of sp³-hybridized carbons (Fsp3) is 0. The van der Waals surface area contributed by atoms with Crippen LogP contribution in [0.2, 0.25) is 0 Å². The van der Waals surface area contributed by atoms with Crippen molar-refractivity contribution in [1.82, 2.24) is 17.7 Å². The summed E-state index contributed by atoms with van der Waals surface area (Å²) in [5.74, 6) is 0.273. The van der Waals surface area contributed by atoms with E-state index in [4.69, 9.17) is 11.5 Å².